The van der Waals surface area contributed by atoms with Crippen molar-refractivity contribution < 1.29 is 9.47 Å². The standard InChI is InChI=1S/C27H39N7O2S/c1-4-5-6-10-29-25-24-22(30-26(28)31-25)9-11-33(24)16-21-8-7-20(14-23(21)35-2)15-32-12-13-36-27(17-32)18-34(19-27)37-3/h7-9,11,14H,4-6,10,12-13,15-19H2,1-3H3,(H3,28,29,30,31). The summed E-state index contributed by atoms with van der Waals surface area (Å²) in [4.78, 5) is 11.5. The largest absolute Gasteiger partial charge is 0.496 e. The summed E-state index contributed by atoms with van der Waals surface area (Å²) >= 11 is 1.80. The lowest BCUT2D eigenvalue weighted by atomic mass is 9.94. The quantitative estimate of drug-likeness (QED) is 0.286. The van der Waals surface area contributed by atoms with E-state index in [4.69, 9.17) is 15.2 Å². The smallest absolute Gasteiger partial charge is 0.222 e. The molecular formula is C27H39N7O2S. The Morgan fingerprint density at radius 2 is 2.03 bits per heavy atom. The zero-order valence-electron chi connectivity index (χ0n) is 22.2. The van der Waals surface area contributed by atoms with Crippen molar-refractivity contribution >= 4 is 34.7 Å². The highest BCUT2D eigenvalue weighted by Crippen LogP contribution is 2.34. The Kier molecular flexibility index (Phi) is 8.09. The van der Waals surface area contributed by atoms with Crippen LogP contribution in [0.3, 0.4) is 0 Å². The van der Waals surface area contributed by atoms with E-state index < -0.39 is 0 Å². The van der Waals surface area contributed by atoms with Gasteiger partial charge in [0.2, 0.25) is 5.95 Å². The average molecular weight is 526 g/mol. The van der Waals surface area contributed by atoms with Gasteiger partial charge in [0.05, 0.1) is 25.8 Å². The third-order valence-corrected chi connectivity index (χ3v) is 8.09. The number of unbranched alkanes of at least 4 members (excludes halogenated alkanes) is 2. The lowest BCUT2D eigenvalue weighted by molar-refractivity contribution is -0.161. The SMILES string of the molecule is CCCCCNc1nc(N)nc2ccn(Cc3ccc(CN4CCOC5(C4)CN(SC)C5)cc3OC)c12. The van der Waals surface area contributed by atoms with Crippen molar-refractivity contribution in [1.29, 1.82) is 0 Å². The van der Waals surface area contributed by atoms with Crippen molar-refractivity contribution in [3.05, 3.63) is 41.6 Å². The number of aromatic nitrogens is 3. The third-order valence-electron chi connectivity index (χ3n) is 7.31. The minimum atomic E-state index is -0.00544. The number of ether oxygens (including phenoxy) is 2. The molecule has 1 aromatic carbocycles. The molecule has 4 heterocycles. The van der Waals surface area contributed by atoms with Crippen LogP contribution in [0.2, 0.25) is 0 Å². The van der Waals surface area contributed by atoms with Crippen LogP contribution in [0.1, 0.15) is 37.3 Å². The molecule has 0 radical (unpaired) electrons. The number of nitrogens with two attached hydrogens (primary N) is 1. The molecule has 200 valence electrons. The van der Waals surface area contributed by atoms with E-state index in [9.17, 15) is 0 Å². The molecule has 10 heteroatoms. The Morgan fingerprint density at radius 1 is 1.16 bits per heavy atom. The fraction of sp³-hybridized carbons (Fsp3) is 0.556. The minimum Gasteiger partial charge on any atom is -0.496 e. The third kappa shape index (κ3) is 5.82. The molecule has 2 fully saturated rings. The van der Waals surface area contributed by atoms with E-state index in [0.717, 1.165) is 80.5 Å². The van der Waals surface area contributed by atoms with Crippen LogP contribution in [-0.2, 0) is 17.8 Å². The predicted molar refractivity (Wildman–Crippen MR) is 151 cm³/mol. The number of benzene rings is 1. The molecule has 37 heavy (non-hydrogen) atoms. The summed E-state index contributed by atoms with van der Waals surface area (Å²) in [5, 5.41) is 3.48. The predicted octanol–water partition coefficient (Wildman–Crippen LogP) is 3.84. The Labute approximate surface area is 223 Å². The molecule has 3 N–H and O–H groups in total. The van der Waals surface area contributed by atoms with Gasteiger partial charge in [-0.15, -0.1) is 0 Å². The van der Waals surface area contributed by atoms with Crippen LogP contribution in [0.4, 0.5) is 11.8 Å². The average Bonchev–Trinajstić information content (AvgIpc) is 3.28. The number of rotatable bonds is 11. The molecular weight excluding hydrogens is 486 g/mol. The summed E-state index contributed by atoms with van der Waals surface area (Å²) in [6.07, 6.45) is 7.64. The number of nitrogens with zero attached hydrogens (tertiary/aromatic N) is 5. The van der Waals surface area contributed by atoms with Crippen LogP contribution in [0, 0.1) is 0 Å². The molecule has 0 unspecified atom stereocenters. The highest BCUT2D eigenvalue weighted by Gasteiger charge is 2.47. The van der Waals surface area contributed by atoms with Gasteiger partial charge in [-0.25, -0.2) is 9.29 Å². The van der Waals surface area contributed by atoms with E-state index in [1.807, 2.05) is 12.3 Å². The van der Waals surface area contributed by atoms with Crippen molar-refractivity contribution in [2.24, 2.45) is 0 Å². The molecule has 5 rings (SSSR count). The summed E-state index contributed by atoms with van der Waals surface area (Å²) in [5.74, 6) is 1.97. The molecule has 2 saturated heterocycles. The van der Waals surface area contributed by atoms with Gasteiger partial charge < -0.3 is 25.1 Å². The highest BCUT2D eigenvalue weighted by atomic mass is 32.2. The maximum absolute atomic E-state index is 6.17. The number of hydrogen-bond donors (Lipinski definition) is 2. The number of hydrogen-bond acceptors (Lipinski definition) is 9. The fourth-order valence-corrected chi connectivity index (χ4v) is 6.13. The van der Waals surface area contributed by atoms with Crippen LogP contribution in [-0.4, -0.2) is 82.0 Å². The summed E-state index contributed by atoms with van der Waals surface area (Å²) in [7, 11) is 1.75. The van der Waals surface area contributed by atoms with Crippen LogP contribution in [0.25, 0.3) is 11.0 Å². The number of nitrogen functional groups attached to an aromatic ring is 1. The van der Waals surface area contributed by atoms with E-state index >= 15 is 0 Å². The Hall–Kier alpha value is -2.53. The maximum atomic E-state index is 6.17. The fourth-order valence-electron chi connectivity index (χ4n) is 5.40. The molecule has 2 aliphatic heterocycles. The Bertz CT molecular complexity index is 1210. The van der Waals surface area contributed by atoms with Crippen LogP contribution in [0.15, 0.2) is 30.5 Å². The Morgan fingerprint density at radius 3 is 2.81 bits per heavy atom. The molecule has 0 saturated carbocycles. The monoisotopic (exact) mass is 525 g/mol. The van der Waals surface area contributed by atoms with E-state index in [-0.39, 0.29) is 11.5 Å². The van der Waals surface area contributed by atoms with Gasteiger partial charge in [0.15, 0.2) is 5.82 Å². The van der Waals surface area contributed by atoms with Gasteiger partial charge in [0.1, 0.15) is 16.9 Å². The van der Waals surface area contributed by atoms with Crippen LogP contribution < -0.4 is 15.8 Å². The number of nitrogens with one attached hydrogen (secondary N) is 1. The first kappa shape index (κ1) is 26.1. The van der Waals surface area contributed by atoms with Gasteiger partial charge in [-0.2, -0.15) is 4.98 Å². The van der Waals surface area contributed by atoms with Crippen molar-refractivity contribution in [3.63, 3.8) is 0 Å². The van der Waals surface area contributed by atoms with Crippen molar-refractivity contribution in [1.82, 2.24) is 23.7 Å². The molecule has 0 amide bonds. The molecule has 2 aliphatic rings. The van der Waals surface area contributed by atoms with Crippen molar-refractivity contribution in [2.45, 2.75) is 44.9 Å². The lowest BCUT2D eigenvalue weighted by Gasteiger charge is -2.53. The summed E-state index contributed by atoms with van der Waals surface area (Å²) < 4.78 is 16.5. The van der Waals surface area contributed by atoms with Gasteiger partial charge in [-0.1, -0.05) is 43.8 Å². The first-order valence-electron chi connectivity index (χ1n) is 13.2. The van der Waals surface area contributed by atoms with E-state index in [0.29, 0.717) is 6.54 Å². The summed E-state index contributed by atoms with van der Waals surface area (Å²) in [6.45, 7) is 9.35. The minimum absolute atomic E-state index is 0.00544. The first-order valence-corrected chi connectivity index (χ1v) is 14.4. The van der Waals surface area contributed by atoms with E-state index in [2.05, 4.69) is 60.4 Å². The second-order valence-electron chi connectivity index (χ2n) is 10.1. The van der Waals surface area contributed by atoms with Gasteiger partial charge in [-0.3, -0.25) is 4.90 Å². The first-order chi connectivity index (χ1) is 18.0. The zero-order valence-corrected chi connectivity index (χ0v) is 23.0. The van der Waals surface area contributed by atoms with Crippen LogP contribution >= 0.6 is 11.9 Å². The summed E-state index contributed by atoms with van der Waals surface area (Å²) in [5.41, 5.74) is 10.2. The molecule has 3 aromatic rings. The molecule has 0 bridgehead atoms. The molecule has 2 aromatic heterocycles. The number of fused-ring (bicyclic) bond motifs is 1. The molecule has 9 nitrogen and oxygen atoms in total. The normalized spacial score (nSPS) is 17.8. The topological polar surface area (TPSA) is 93.7 Å². The van der Waals surface area contributed by atoms with Gasteiger partial charge in [-0.05, 0) is 30.4 Å². The number of methoxy groups -OCH3 is 1. The van der Waals surface area contributed by atoms with Crippen molar-refractivity contribution in [3.8, 4) is 5.75 Å². The van der Waals surface area contributed by atoms with Gasteiger partial charge in [0.25, 0.3) is 0 Å². The highest BCUT2D eigenvalue weighted by molar-refractivity contribution is 7.96. The Balaban J connectivity index is 1.30. The molecule has 0 atom stereocenters. The van der Waals surface area contributed by atoms with Crippen LogP contribution in [0.5, 0.6) is 5.75 Å². The number of morpholine rings is 1. The summed E-state index contributed by atoms with van der Waals surface area (Å²) in [6, 6.07) is 8.58. The second-order valence-corrected chi connectivity index (χ2v) is 11.0. The molecule has 0 aliphatic carbocycles. The maximum Gasteiger partial charge on any atom is 0.222 e. The molecule has 1 spiro atoms. The lowest BCUT2D eigenvalue weighted by Crippen LogP contribution is -2.68. The zero-order chi connectivity index (χ0) is 25.8. The second kappa shape index (κ2) is 11.5. The number of anilines is 2. The van der Waals surface area contributed by atoms with E-state index in [1.54, 1.807) is 19.1 Å². The van der Waals surface area contributed by atoms with Gasteiger partial charge in [0, 0.05) is 51.0 Å². The van der Waals surface area contributed by atoms with Gasteiger partial charge >= 0.3 is 0 Å². The van der Waals surface area contributed by atoms with Crippen molar-refractivity contribution in [2.75, 3.05) is 63.7 Å². The van der Waals surface area contributed by atoms with E-state index in [1.165, 1.54) is 18.4 Å².